The van der Waals surface area contributed by atoms with Gasteiger partial charge in [-0.05, 0) is 61.9 Å². The summed E-state index contributed by atoms with van der Waals surface area (Å²) < 4.78 is 0. The van der Waals surface area contributed by atoms with E-state index in [-0.39, 0.29) is 11.8 Å². The maximum Gasteiger partial charge on any atom is 0.226 e. The molecule has 0 radical (unpaired) electrons. The van der Waals surface area contributed by atoms with Crippen LogP contribution in [-0.4, -0.2) is 38.8 Å². The summed E-state index contributed by atoms with van der Waals surface area (Å²) in [6.07, 6.45) is 6.94. The number of nitrogens with zero attached hydrogens (tertiary/aromatic N) is 5. The lowest BCUT2D eigenvalue weighted by Gasteiger charge is -2.35. The van der Waals surface area contributed by atoms with Crippen molar-refractivity contribution >= 4 is 33.3 Å². The molecule has 1 amide bonds. The number of pyridine rings is 1. The van der Waals surface area contributed by atoms with E-state index in [4.69, 9.17) is 0 Å². The maximum atomic E-state index is 13.8. The molecule has 1 fully saturated rings. The summed E-state index contributed by atoms with van der Waals surface area (Å²) in [5.41, 5.74) is 4.72. The van der Waals surface area contributed by atoms with Crippen molar-refractivity contribution in [1.82, 2.24) is 19.9 Å². The van der Waals surface area contributed by atoms with E-state index in [0.29, 0.717) is 13.1 Å². The first kappa shape index (κ1) is 23.4. The van der Waals surface area contributed by atoms with Crippen molar-refractivity contribution in [1.29, 1.82) is 0 Å². The van der Waals surface area contributed by atoms with Crippen LogP contribution in [0, 0.1) is 26.7 Å². The Kier molecular flexibility index (Phi) is 6.77. The Hall–Kier alpha value is -3.32. The number of anilines is 1. The molecule has 1 aliphatic rings. The zero-order valence-electron chi connectivity index (χ0n) is 20.6. The smallest absolute Gasteiger partial charge is 0.226 e. The summed E-state index contributed by atoms with van der Waals surface area (Å²) in [7, 11) is 0. The van der Waals surface area contributed by atoms with Gasteiger partial charge in [0.15, 0.2) is 0 Å². The highest BCUT2D eigenvalue weighted by Crippen LogP contribution is 2.36. The first-order valence-corrected chi connectivity index (χ1v) is 13.0. The predicted molar refractivity (Wildman–Crippen MR) is 141 cm³/mol. The van der Waals surface area contributed by atoms with Crippen LogP contribution in [-0.2, 0) is 17.9 Å². The summed E-state index contributed by atoms with van der Waals surface area (Å²) in [4.78, 5) is 33.9. The van der Waals surface area contributed by atoms with Gasteiger partial charge in [-0.3, -0.25) is 9.78 Å². The lowest BCUT2D eigenvalue weighted by atomic mass is 9.94. The standard InChI is InChI=1S/C28H31N5OS/c1-19-7-4-5-9-24(19)17-33(16-22-8-6-12-29-15-22)28(34)23-10-13-32(14-11-23)26-25-20(2)21(3)35-27(25)31-18-30-26/h4-9,12,15,18,23H,10-11,13-14,16-17H2,1-3H3. The largest absolute Gasteiger partial charge is 0.356 e. The van der Waals surface area contributed by atoms with Gasteiger partial charge in [0.05, 0.1) is 5.39 Å². The third-order valence-electron chi connectivity index (χ3n) is 7.12. The van der Waals surface area contributed by atoms with Gasteiger partial charge in [-0.2, -0.15) is 0 Å². The molecule has 35 heavy (non-hydrogen) atoms. The number of fused-ring (bicyclic) bond motifs is 1. The summed E-state index contributed by atoms with van der Waals surface area (Å²) in [5, 5.41) is 1.16. The second kappa shape index (κ2) is 10.1. The number of carbonyl (C=O) groups excluding carboxylic acids is 1. The first-order chi connectivity index (χ1) is 17.0. The highest BCUT2D eigenvalue weighted by molar-refractivity contribution is 7.18. The van der Waals surface area contributed by atoms with Gasteiger partial charge in [-0.25, -0.2) is 9.97 Å². The molecule has 4 aromatic rings. The van der Waals surface area contributed by atoms with Gasteiger partial charge in [0.1, 0.15) is 17.0 Å². The van der Waals surface area contributed by atoms with E-state index in [9.17, 15) is 4.79 Å². The second-order valence-corrected chi connectivity index (χ2v) is 10.6. The number of hydrogen-bond acceptors (Lipinski definition) is 6. The SMILES string of the molecule is Cc1ccccc1CN(Cc1cccnc1)C(=O)C1CCN(c2ncnc3sc(C)c(C)c23)CC1. The molecule has 0 bridgehead atoms. The van der Waals surface area contributed by atoms with Crippen molar-refractivity contribution in [2.45, 2.75) is 46.7 Å². The third-order valence-corrected chi connectivity index (χ3v) is 8.23. The number of carbonyl (C=O) groups is 1. The number of amides is 1. The highest BCUT2D eigenvalue weighted by atomic mass is 32.1. The molecule has 5 rings (SSSR count). The summed E-state index contributed by atoms with van der Waals surface area (Å²) in [6, 6.07) is 12.3. The normalized spacial score (nSPS) is 14.4. The molecule has 1 aliphatic heterocycles. The Morgan fingerprint density at radius 1 is 1.06 bits per heavy atom. The summed E-state index contributed by atoms with van der Waals surface area (Å²) >= 11 is 1.73. The zero-order valence-corrected chi connectivity index (χ0v) is 21.4. The Morgan fingerprint density at radius 2 is 1.86 bits per heavy atom. The summed E-state index contributed by atoms with van der Waals surface area (Å²) in [5.74, 6) is 1.25. The number of rotatable bonds is 6. The van der Waals surface area contributed by atoms with Gasteiger partial charge < -0.3 is 9.80 Å². The molecule has 0 aliphatic carbocycles. The fraction of sp³-hybridized carbons (Fsp3) is 0.357. The quantitative estimate of drug-likeness (QED) is 0.363. The predicted octanol–water partition coefficient (Wildman–Crippen LogP) is 5.46. The van der Waals surface area contributed by atoms with Crippen LogP contribution in [0.5, 0.6) is 0 Å². The molecule has 3 aromatic heterocycles. The molecule has 0 N–H and O–H groups in total. The molecule has 1 saturated heterocycles. The van der Waals surface area contributed by atoms with Crippen molar-refractivity contribution in [3.63, 3.8) is 0 Å². The van der Waals surface area contributed by atoms with E-state index in [1.54, 1.807) is 23.9 Å². The van der Waals surface area contributed by atoms with Gasteiger partial charge in [0.25, 0.3) is 0 Å². The Bertz CT molecular complexity index is 1330. The fourth-order valence-electron chi connectivity index (χ4n) is 4.92. The highest BCUT2D eigenvalue weighted by Gasteiger charge is 2.30. The molecule has 0 saturated carbocycles. The Labute approximate surface area is 210 Å². The second-order valence-electron chi connectivity index (χ2n) is 9.40. The summed E-state index contributed by atoms with van der Waals surface area (Å²) in [6.45, 7) is 9.23. The average molecular weight is 486 g/mol. The molecular formula is C28H31N5OS. The zero-order chi connectivity index (χ0) is 24.4. The molecule has 0 atom stereocenters. The maximum absolute atomic E-state index is 13.8. The monoisotopic (exact) mass is 485 g/mol. The minimum atomic E-state index is 0.00887. The van der Waals surface area contributed by atoms with Crippen molar-refractivity contribution in [3.05, 3.63) is 82.3 Å². The fourth-order valence-corrected chi connectivity index (χ4v) is 5.91. The lowest BCUT2D eigenvalue weighted by molar-refractivity contribution is -0.137. The van der Waals surface area contributed by atoms with Crippen molar-refractivity contribution in [2.24, 2.45) is 5.92 Å². The topological polar surface area (TPSA) is 62.2 Å². The number of hydrogen-bond donors (Lipinski definition) is 0. The molecule has 6 nitrogen and oxygen atoms in total. The molecule has 1 aromatic carbocycles. The minimum absolute atomic E-state index is 0.00887. The van der Waals surface area contributed by atoms with Crippen LogP contribution in [0.15, 0.2) is 55.1 Å². The molecule has 4 heterocycles. The van der Waals surface area contributed by atoms with Gasteiger partial charge in [0, 0.05) is 49.4 Å². The van der Waals surface area contributed by atoms with E-state index < -0.39 is 0 Å². The van der Waals surface area contributed by atoms with Crippen LogP contribution in [0.4, 0.5) is 5.82 Å². The molecule has 0 unspecified atom stereocenters. The Balaban J connectivity index is 1.33. The van der Waals surface area contributed by atoms with Crippen molar-refractivity contribution < 1.29 is 4.79 Å². The van der Waals surface area contributed by atoms with Crippen LogP contribution in [0.3, 0.4) is 0 Å². The number of aromatic nitrogens is 3. The average Bonchev–Trinajstić information content (AvgIpc) is 3.18. The van der Waals surface area contributed by atoms with Crippen LogP contribution >= 0.6 is 11.3 Å². The number of aryl methyl sites for hydroxylation is 3. The Morgan fingerprint density at radius 3 is 2.60 bits per heavy atom. The van der Waals surface area contributed by atoms with Gasteiger partial charge in [-0.15, -0.1) is 11.3 Å². The third kappa shape index (κ3) is 4.91. The number of thiophene rings is 1. The van der Waals surface area contributed by atoms with Gasteiger partial charge >= 0.3 is 0 Å². The van der Waals surface area contributed by atoms with E-state index >= 15 is 0 Å². The van der Waals surface area contributed by atoms with E-state index in [1.807, 2.05) is 35.4 Å². The van der Waals surface area contributed by atoms with Gasteiger partial charge in [0.2, 0.25) is 5.91 Å². The minimum Gasteiger partial charge on any atom is -0.356 e. The van der Waals surface area contributed by atoms with Crippen LogP contribution in [0.1, 0.15) is 40.0 Å². The molecule has 7 heteroatoms. The van der Waals surface area contributed by atoms with Gasteiger partial charge in [-0.1, -0.05) is 30.3 Å². The van der Waals surface area contributed by atoms with Crippen LogP contribution < -0.4 is 4.90 Å². The molecular weight excluding hydrogens is 454 g/mol. The molecule has 180 valence electrons. The van der Waals surface area contributed by atoms with Crippen LogP contribution in [0.25, 0.3) is 10.2 Å². The lowest BCUT2D eigenvalue weighted by Crippen LogP contribution is -2.42. The number of piperidine rings is 1. The first-order valence-electron chi connectivity index (χ1n) is 12.2. The molecule has 0 spiro atoms. The van der Waals surface area contributed by atoms with E-state index in [0.717, 1.165) is 47.5 Å². The van der Waals surface area contributed by atoms with Crippen molar-refractivity contribution in [3.8, 4) is 0 Å². The van der Waals surface area contributed by atoms with Crippen LogP contribution in [0.2, 0.25) is 0 Å². The number of benzene rings is 1. The van der Waals surface area contributed by atoms with E-state index in [1.165, 1.54) is 21.6 Å². The van der Waals surface area contributed by atoms with Crippen molar-refractivity contribution in [2.75, 3.05) is 18.0 Å². The van der Waals surface area contributed by atoms with E-state index in [2.05, 4.69) is 52.8 Å².